The van der Waals surface area contributed by atoms with Gasteiger partial charge in [0.2, 0.25) is 5.60 Å². The number of hydrogen-bond acceptors (Lipinski definition) is 16. The van der Waals surface area contributed by atoms with Gasteiger partial charge < -0.3 is 53.6 Å². The second-order valence-electron chi connectivity index (χ2n) is 33.2. The van der Waals surface area contributed by atoms with Gasteiger partial charge in [-0.05, 0) is 238 Å². The molecule has 8 saturated carbocycles. The van der Waals surface area contributed by atoms with E-state index in [1.165, 1.54) is 20.3 Å². The second-order valence-corrected chi connectivity index (χ2v) is 33.2. The molecule has 10 rings (SSSR count). The van der Waals surface area contributed by atoms with Crippen molar-refractivity contribution >= 4 is 29.8 Å². The van der Waals surface area contributed by atoms with E-state index in [1.807, 2.05) is 83.1 Å². The van der Waals surface area contributed by atoms with Gasteiger partial charge in [0.05, 0.1) is 63.7 Å². The number of rotatable bonds is 18. The highest BCUT2D eigenvalue weighted by atomic mass is 19.4. The van der Waals surface area contributed by atoms with Crippen LogP contribution in [0.15, 0.2) is 0 Å². The quantitative estimate of drug-likeness (QED) is 0.0568. The van der Waals surface area contributed by atoms with Crippen LogP contribution in [0.5, 0.6) is 0 Å². The fourth-order valence-electron chi connectivity index (χ4n) is 14.9. The summed E-state index contributed by atoms with van der Waals surface area (Å²) in [4.78, 5) is 60.0. The minimum absolute atomic E-state index is 0. The Morgan fingerprint density at radius 2 is 0.875 bits per heavy atom. The minimum atomic E-state index is -5.74. The molecule has 574 valence electrons. The van der Waals surface area contributed by atoms with E-state index in [-0.39, 0.29) is 136 Å². The normalized spacial score (nSPS) is 31.4. The summed E-state index contributed by atoms with van der Waals surface area (Å²) in [5.41, 5.74) is -9.84. The molecule has 0 spiro atoms. The van der Waals surface area contributed by atoms with Crippen LogP contribution in [0.1, 0.15) is 314 Å². The molecular weight excluding hydrogens is 1250 g/mol. The summed E-state index contributed by atoms with van der Waals surface area (Å²) in [7, 11) is 0. The van der Waals surface area contributed by atoms with Crippen molar-refractivity contribution < 1.29 is 99.5 Å². The average Bonchev–Trinajstić information content (AvgIpc) is 0.912. The summed E-state index contributed by atoms with van der Waals surface area (Å²) < 4.78 is 103. The van der Waals surface area contributed by atoms with E-state index in [2.05, 4.69) is 30.2 Å². The zero-order valence-electron chi connectivity index (χ0n) is 57.0. The summed E-state index contributed by atoms with van der Waals surface area (Å²) in [5.74, 6) is -9.74. The summed E-state index contributed by atoms with van der Waals surface area (Å²) in [5, 5.41) is 41.5. The van der Waals surface area contributed by atoms with E-state index < -0.39 is 80.1 Å². The third-order valence-corrected chi connectivity index (χ3v) is 22.5. The molecule has 0 aromatic carbocycles. The second kappa shape index (κ2) is 32.4. The molecule has 2 aliphatic heterocycles. The maximum Gasteiger partial charge on any atom is 0.449 e. The van der Waals surface area contributed by atoms with Crippen molar-refractivity contribution in [2.45, 2.75) is 377 Å². The van der Waals surface area contributed by atoms with E-state index in [9.17, 15) is 66.4 Å². The van der Waals surface area contributed by atoms with Crippen LogP contribution in [-0.2, 0) is 57.1 Å². The van der Waals surface area contributed by atoms with Crippen LogP contribution in [0.3, 0.4) is 0 Å². The number of halogens is 5. The van der Waals surface area contributed by atoms with Crippen molar-refractivity contribution in [2.75, 3.05) is 19.8 Å². The van der Waals surface area contributed by atoms with Crippen molar-refractivity contribution in [3.8, 4) is 0 Å². The molecule has 0 aromatic heterocycles. The van der Waals surface area contributed by atoms with E-state index in [0.29, 0.717) is 50.5 Å². The zero-order chi connectivity index (χ0) is 67.8. The molecule has 10 aliphatic rings. The number of carbonyl (C=O) groups excluding carboxylic acids is 5. The summed E-state index contributed by atoms with van der Waals surface area (Å²) in [6, 6.07) is 0. The molecule has 16 nitrogen and oxygen atoms in total. The van der Waals surface area contributed by atoms with Gasteiger partial charge >= 0.3 is 47.7 Å². The molecule has 2 heterocycles. The van der Waals surface area contributed by atoms with Gasteiger partial charge in [-0.3, -0.25) is 24.0 Å². The Hall–Kier alpha value is -3.24. The SMILES string of the molecule is C.C.C.C.C.C.C.C.CCC(C)(C)C(=O)OC1(C)COC(O)(C(F)(F)F)C1(F)F.CCC(C)(C)C(=O)OC12CC3CC(C(C)(C)O)(C1)CC(C(C)(C)O)(C3)C2.CCC(C)(C)C(=O)OC12CC3CC(C1)CC(C(C)(C)OCC(C)(C)O)(C3)C2.CCC(C)(C)C(=O)OC1COC(=O)C1. The molecule has 0 aromatic rings. The van der Waals surface area contributed by atoms with Crippen LogP contribution in [-0.4, -0.2) is 133 Å². The lowest BCUT2D eigenvalue weighted by Crippen LogP contribution is -2.70. The summed E-state index contributed by atoms with van der Waals surface area (Å²) >= 11 is 0. The molecule has 7 unspecified atom stereocenters. The molecule has 10 fully saturated rings. The Labute approximate surface area is 579 Å². The van der Waals surface area contributed by atoms with Crippen LogP contribution in [0.25, 0.3) is 0 Å². The molecule has 8 aliphatic carbocycles. The first-order valence-corrected chi connectivity index (χ1v) is 32.1. The number of carbonyl (C=O) groups is 5. The highest BCUT2D eigenvalue weighted by Crippen LogP contribution is 2.73. The number of aliphatic hydroxyl groups is 4. The fraction of sp³-hybridized carbons (Fsp3) is 0.933. The van der Waals surface area contributed by atoms with Gasteiger partial charge in [0, 0.05) is 16.2 Å². The minimum Gasteiger partial charge on any atom is -0.462 e. The maximum absolute atomic E-state index is 14.0. The molecule has 2 saturated heterocycles. The van der Waals surface area contributed by atoms with Gasteiger partial charge in [0.1, 0.15) is 23.9 Å². The molecule has 21 heteroatoms. The lowest BCUT2D eigenvalue weighted by molar-refractivity contribution is -0.409. The predicted octanol–water partition coefficient (Wildman–Crippen LogP) is 18.1. The number of esters is 5. The van der Waals surface area contributed by atoms with Gasteiger partial charge in [-0.1, -0.05) is 87.1 Å². The van der Waals surface area contributed by atoms with Gasteiger partial charge in [0.25, 0.3) is 0 Å². The van der Waals surface area contributed by atoms with Crippen LogP contribution >= 0.6 is 0 Å². The first kappa shape index (κ1) is 99.1. The van der Waals surface area contributed by atoms with Gasteiger partial charge in [-0.2, -0.15) is 22.0 Å². The van der Waals surface area contributed by atoms with E-state index in [1.54, 1.807) is 20.8 Å². The monoisotopic (exact) mass is 1400 g/mol. The Balaban J connectivity index is -0.000000585. The zero-order valence-corrected chi connectivity index (χ0v) is 57.0. The molecule has 8 bridgehead atoms. The fourth-order valence-corrected chi connectivity index (χ4v) is 14.9. The lowest BCUT2D eigenvalue weighted by Gasteiger charge is -2.70. The van der Waals surface area contributed by atoms with Gasteiger partial charge in [-0.15, -0.1) is 0 Å². The number of ether oxygens (including phenoxy) is 7. The van der Waals surface area contributed by atoms with Crippen LogP contribution in [0.4, 0.5) is 22.0 Å². The molecule has 0 radical (unpaired) electrons. The van der Waals surface area contributed by atoms with Crippen LogP contribution in [0.2, 0.25) is 0 Å². The molecule has 7 atom stereocenters. The Morgan fingerprint density at radius 1 is 0.521 bits per heavy atom. The van der Waals surface area contributed by atoms with Gasteiger partial charge in [-0.25, -0.2) is 0 Å². The smallest absolute Gasteiger partial charge is 0.449 e. The van der Waals surface area contributed by atoms with Crippen molar-refractivity contribution in [1.82, 2.24) is 0 Å². The van der Waals surface area contributed by atoms with Crippen LogP contribution < -0.4 is 0 Å². The first-order valence-electron chi connectivity index (χ1n) is 32.1. The third kappa shape index (κ3) is 19.9. The molecule has 0 amide bonds. The Morgan fingerprint density at radius 3 is 1.22 bits per heavy atom. The first-order chi connectivity index (χ1) is 39.4. The Kier molecular flexibility index (Phi) is 33.4. The lowest BCUT2D eigenvalue weighted by atomic mass is 9.37. The summed E-state index contributed by atoms with van der Waals surface area (Å²) in [6.45, 7) is 37.3. The highest BCUT2D eigenvalue weighted by molar-refractivity contribution is 5.78. The summed E-state index contributed by atoms with van der Waals surface area (Å²) in [6.07, 6.45) is 8.05. The number of hydrogen-bond donors (Lipinski definition) is 4. The molecular formula is C75H143F5O16. The van der Waals surface area contributed by atoms with E-state index >= 15 is 0 Å². The van der Waals surface area contributed by atoms with E-state index in [4.69, 9.17) is 23.7 Å². The van der Waals surface area contributed by atoms with Gasteiger partial charge in [0.15, 0.2) is 0 Å². The maximum atomic E-state index is 14.0. The van der Waals surface area contributed by atoms with Crippen LogP contribution in [0, 0.1) is 55.7 Å². The number of alkyl halides is 5. The highest BCUT2D eigenvalue weighted by Gasteiger charge is 2.83. The largest absolute Gasteiger partial charge is 0.462 e. The van der Waals surface area contributed by atoms with E-state index in [0.717, 1.165) is 70.6 Å². The topological polar surface area (TPSA) is 231 Å². The average molecular weight is 1400 g/mol. The van der Waals surface area contributed by atoms with Crippen molar-refractivity contribution in [3.05, 3.63) is 0 Å². The van der Waals surface area contributed by atoms with Crippen molar-refractivity contribution in [1.29, 1.82) is 0 Å². The van der Waals surface area contributed by atoms with Crippen molar-refractivity contribution in [2.24, 2.45) is 55.7 Å². The predicted molar refractivity (Wildman–Crippen MR) is 372 cm³/mol. The Bertz CT molecular complexity index is 2490. The third-order valence-electron chi connectivity index (χ3n) is 22.5. The number of cyclic esters (lactones) is 1. The molecule has 4 N–H and O–H groups in total. The molecule has 96 heavy (non-hydrogen) atoms. The standard InChI is InChI=1S/C23H40O4.C22H38O4.C12H17F5O4.C10H16O4.8CH4/c1-8-19(2,3)18(24)27-23-12-16-9-17(13-23)11-22(10-16,14-23)21(6,7)26-15-20(4,5)25;1-8-17(2,3)16(23)26-22-11-15-9-20(13-22,18(4,5)24)12-21(10-15,14-22)19(6,7)25;1-5-8(2,3)7(18)21-9(4)6-20-11(19,10(9,13)14)12(15,16)17;1-4-10(2,3)9(12)14-7-5-8(11)13-6-7;;;;;;;;/h16-17,25H,8-15H2,1-7H3;15,24-25H,8-14H2,1-7H3;19H,5-6H2,1-4H3;7H,4-6H2,1-3H3;8*1H4. The van der Waals surface area contributed by atoms with Crippen molar-refractivity contribution in [3.63, 3.8) is 0 Å².